The van der Waals surface area contributed by atoms with Gasteiger partial charge in [0, 0.05) is 43.8 Å². The normalized spacial score (nSPS) is 14.4. The summed E-state index contributed by atoms with van der Waals surface area (Å²) in [4.78, 5) is 2.42. The van der Waals surface area contributed by atoms with Crippen LogP contribution in [-0.2, 0) is 35.5 Å². The Kier molecular flexibility index (Phi) is 10.0. The number of hydrogen-bond acceptors (Lipinski definition) is 8. The van der Waals surface area contributed by atoms with Crippen LogP contribution in [0.15, 0.2) is 91.0 Å². The molecule has 1 aromatic heterocycles. The molecule has 0 spiro atoms. The van der Waals surface area contributed by atoms with Crippen molar-refractivity contribution in [3.63, 3.8) is 0 Å². The number of rotatable bonds is 12. The van der Waals surface area contributed by atoms with Crippen molar-refractivity contribution >= 4 is 12.6 Å². The predicted molar refractivity (Wildman–Crippen MR) is 184 cm³/mol. The van der Waals surface area contributed by atoms with Gasteiger partial charge in [0.25, 0.3) is 0 Å². The van der Waals surface area contributed by atoms with Crippen LogP contribution < -0.4 is 14.9 Å². The lowest BCUT2D eigenvalue weighted by Gasteiger charge is -2.34. The van der Waals surface area contributed by atoms with Crippen LogP contribution in [0, 0.1) is 12.3 Å². The first-order valence-corrected chi connectivity index (χ1v) is 16.0. The lowest BCUT2D eigenvalue weighted by molar-refractivity contribution is 0.0343. The standard InChI is InChI=1S/C37H42BN5O4/c1-27-9-11-30(12-10-27)23-43-36(39-40-41-43)35-31(7-6-8-34(35)38-46-25-37(2,3)26-47-38)24-42(21-28-13-17-32(44-4)18-14-28)22-29-15-19-33(45-5)20-16-29/h6-20H,21-26H2,1-5H3. The molecule has 9 nitrogen and oxygen atoms in total. The Labute approximate surface area is 277 Å². The lowest BCUT2D eigenvalue weighted by atomic mass is 9.72. The molecule has 1 aliphatic heterocycles. The number of hydrogen-bond donors (Lipinski definition) is 0. The average molecular weight is 632 g/mol. The number of methoxy groups -OCH3 is 2. The van der Waals surface area contributed by atoms with Crippen LogP contribution in [0.4, 0.5) is 0 Å². The van der Waals surface area contributed by atoms with E-state index in [1.807, 2.05) is 28.9 Å². The van der Waals surface area contributed by atoms with Crippen molar-refractivity contribution in [1.29, 1.82) is 0 Å². The maximum atomic E-state index is 6.35. The summed E-state index contributed by atoms with van der Waals surface area (Å²) in [5.74, 6) is 2.35. The fraction of sp³-hybridized carbons (Fsp3) is 0.324. The first-order chi connectivity index (χ1) is 22.8. The van der Waals surface area contributed by atoms with E-state index in [0.717, 1.165) is 46.7 Å². The highest BCUT2D eigenvalue weighted by molar-refractivity contribution is 6.63. The highest BCUT2D eigenvalue weighted by atomic mass is 16.6. The van der Waals surface area contributed by atoms with E-state index in [0.29, 0.717) is 32.1 Å². The van der Waals surface area contributed by atoms with Crippen molar-refractivity contribution in [2.75, 3.05) is 27.4 Å². The molecule has 0 aliphatic carbocycles. The van der Waals surface area contributed by atoms with Crippen LogP contribution in [0.25, 0.3) is 11.4 Å². The molecule has 242 valence electrons. The quantitative estimate of drug-likeness (QED) is 0.163. The van der Waals surface area contributed by atoms with Crippen molar-refractivity contribution in [2.45, 2.75) is 47.0 Å². The summed E-state index contributed by atoms with van der Waals surface area (Å²) in [6.07, 6.45) is 0. The van der Waals surface area contributed by atoms with Gasteiger partial charge in [-0.15, -0.1) is 5.10 Å². The second-order valence-electron chi connectivity index (χ2n) is 13.0. The smallest absolute Gasteiger partial charge is 0.494 e. The number of nitrogens with zero attached hydrogens (tertiary/aromatic N) is 5. The third kappa shape index (κ3) is 8.08. The van der Waals surface area contributed by atoms with Crippen LogP contribution >= 0.6 is 0 Å². The molecule has 0 saturated carbocycles. The summed E-state index contributed by atoms with van der Waals surface area (Å²) in [6.45, 7) is 10.2. The van der Waals surface area contributed by atoms with E-state index in [-0.39, 0.29) is 5.41 Å². The first-order valence-electron chi connectivity index (χ1n) is 16.0. The average Bonchev–Trinajstić information content (AvgIpc) is 3.54. The van der Waals surface area contributed by atoms with Crippen molar-refractivity contribution in [3.05, 3.63) is 119 Å². The molecular formula is C37H42BN5O4. The van der Waals surface area contributed by atoms with Gasteiger partial charge < -0.3 is 18.8 Å². The zero-order chi connectivity index (χ0) is 32.8. The van der Waals surface area contributed by atoms with Gasteiger partial charge in [-0.1, -0.05) is 86.1 Å². The summed E-state index contributed by atoms with van der Waals surface area (Å²) < 4.78 is 25.4. The number of aryl methyl sites for hydroxylation is 1. The summed E-state index contributed by atoms with van der Waals surface area (Å²) in [5, 5.41) is 13.2. The highest BCUT2D eigenvalue weighted by Crippen LogP contribution is 2.28. The zero-order valence-corrected chi connectivity index (χ0v) is 27.8. The van der Waals surface area contributed by atoms with Crippen molar-refractivity contribution in [2.24, 2.45) is 5.41 Å². The Bertz CT molecular complexity index is 1700. The molecule has 2 heterocycles. The molecule has 5 aromatic rings. The molecule has 0 unspecified atom stereocenters. The molecule has 4 aromatic carbocycles. The molecule has 1 fully saturated rings. The van der Waals surface area contributed by atoms with Crippen molar-refractivity contribution in [3.8, 4) is 22.9 Å². The maximum Gasteiger partial charge on any atom is 0.494 e. The van der Waals surface area contributed by atoms with Crippen LogP contribution in [0.3, 0.4) is 0 Å². The molecule has 0 radical (unpaired) electrons. The molecule has 10 heteroatoms. The highest BCUT2D eigenvalue weighted by Gasteiger charge is 2.36. The van der Waals surface area contributed by atoms with Crippen molar-refractivity contribution < 1.29 is 18.8 Å². The van der Waals surface area contributed by atoms with E-state index in [2.05, 4.69) is 108 Å². The van der Waals surface area contributed by atoms with Crippen LogP contribution in [-0.4, -0.2) is 59.7 Å². The van der Waals surface area contributed by atoms with E-state index in [1.54, 1.807) is 14.2 Å². The summed E-state index contributed by atoms with van der Waals surface area (Å²) in [7, 11) is 2.85. The number of benzene rings is 4. The monoisotopic (exact) mass is 631 g/mol. The van der Waals surface area contributed by atoms with Gasteiger partial charge in [-0.05, 0) is 69.3 Å². The van der Waals surface area contributed by atoms with E-state index in [4.69, 9.17) is 18.8 Å². The summed E-state index contributed by atoms with van der Waals surface area (Å²) >= 11 is 0. The Morgan fingerprint density at radius 1 is 0.766 bits per heavy atom. The van der Waals surface area contributed by atoms with Gasteiger partial charge in [0.1, 0.15) is 11.5 Å². The van der Waals surface area contributed by atoms with Gasteiger partial charge in [-0.2, -0.15) is 0 Å². The minimum absolute atomic E-state index is 0.0607. The van der Waals surface area contributed by atoms with Crippen LogP contribution in [0.1, 0.15) is 41.7 Å². The molecule has 0 atom stereocenters. The van der Waals surface area contributed by atoms with Crippen LogP contribution in [0.5, 0.6) is 11.5 Å². The largest absolute Gasteiger partial charge is 0.497 e. The van der Waals surface area contributed by atoms with Gasteiger partial charge in [-0.3, -0.25) is 4.90 Å². The summed E-state index contributed by atoms with van der Waals surface area (Å²) in [6, 6.07) is 31.3. The molecule has 0 N–H and O–H groups in total. The number of tetrazole rings is 1. The second-order valence-corrected chi connectivity index (χ2v) is 13.0. The van der Waals surface area contributed by atoms with E-state index in [9.17, 15) is 0 Å². The molecule has 0 bridgehead atoms. The Hall–Kier alpha value is -4.51. The van der Waals surface area contributed by atoms with E-state index < -0.39 is 7.12 Å². The molecular weight excluding hydrogens is 589 g/mol. The molecule has 0 amide bonds. The fourth-order valence-corrected chi connectivity index (χ4v) is 5.84. The Morgan fingerprint density at radius 2 is 1.34 bits per heavy atom. The minimum Gasteiger partial charge on any atom is -0.497 e. The zero-order valence-electron chi connectivity index (χ0n) is 27.8. The first kappa shape index (κ1) is 32.4. The van der Waals surface area contributed by atoms with E-state index >= 15 is 0 Å². The molecule has 1 saturated heterocycles. The second kappa shape index (κ2) is 14.5. The van der Waals surface area contributed by atoms with E-state index in [1.165, 1.54) is 16.7 Å². The Morgan fingerprint density at radius 3 is 1.91 bits per heavy atom. The predicted octanol–water partition coefficient (Wildman–Crippen LogP) is 5.68. The number of ether oxygens (including phenoxy) is 2. The van der Waals surface area contributed by atoms with Crippen LogP contribution in [0.2, 0.25) is 0 Å². The van der Waals surface area contributed by atoms with Gasteiger partial charge >= 0.3 is 7.12 Å². The van der Waals surface area contributed by atoms with Crippen molar-refractivity contribution in [1.82, 2.24) is 25.1 Å². The Balaban J connectivity index is 1.39. The number of aromatic nitrogens is 4. The molecule has 6 rings (SSSR count). The topological polar surface area (TPSA) is 83.8 Å². The lowest BCUT2D eigenvalue weighted by Crippen LogP contribution is -2.48. The van der Waals surface area contributed by atoms with Gasteiger partial charge in [-0.25, -0.2) is 4.68 Å². The van der Waals surface area contributed by atoms with Gasteiger partial charge in [0.2, 0.25) is 0 Å². The third-order valence-corrected chi connectivity index (χ3v) is 8.42. The fourth-order valence-electron chi connectivity index (χ4n) is 5.84. The van der Waals surface area contributed by atoms with Gasteiger partial charge in [0.15, 0.2) is 5.82 Å². The summed E-state index contributed by atoms with van der Waals surface area (Å²) in [5.41, 5.74) is 7.58. The van der Waals surface area contributed by atoms with Gasteiger partial charge in [0.05, 0.1) is 20.8 Å². The molecule has 1 aliphatic rings. The molecule has 47 heavy (non-hydrogen) atoms. The third-order valence-electron chi connectivity index (χ3n) is 8.42. The SMILES string of the molecule is COc1ccc(CN(Cc2ccc(OC)cc2)Cc2cccc(B3OCC(C)(C)CO3)c2-c2nnnn2Cc2ccc(C)cc2)cc1. The minimum atomic E-state index is -0.529. The maximum absolute atomic E-state index is 6.35.